The molecule has 1 amide bonds. The molecule has 0 radical (unpaired) electrons. The molecular formula is C20H24N2O2S. The largest absolute Gasteiger partial charge is 0.445 e. The SMILES string of the molecule is O=C(NC1CC(NCCSc2ccccc2)C1)OCc1ccccc1. The molecule has 0 saturated heterocycles. The van der Waals surface area contributed by atoms with Crippen molar-refractivity contribution in [3.8, 4) is 0 Å². The minimum atomic E-state index is -0.327. The van der Waals surface area contributed by atoms with E-state index in [0.29, 0.717) is 12.6 Å². The molecule has 1 saturated carbocycles. The van der Waals surface area contributed by atoms with Crippen molar-refractivity contribution in [2.45, 2.75) is 36.4 Å². The molecule has 1 fully saturated rings. The van der Waals surface area contributed by atoms with Gasteiger partial charge in [0, 0.05) is 29.3 Å². The number of rotatable bonds is 8. The second-order valence-electron chi connectivity index (χ2n) is 6.19. The van der Waals surface area contributed by atoms with Crippen LogP contribution in [0.4, 0.5) is 4.79 Å². The van der Waals surface area contributed by atoms with Gasteiger partial charge in [0.1, 0.15) is 6.61 Å². The molecular weight excluding hydrogens is 332 g/mol. The smallest absolute Gasteiger partial charge is 0.407 e. The highest BCUT2D eigenvalue weighted by atomic mass is 32.2. The second-order valence-corrected chi connectivity index (χ2v) is 7.36. The van der Waals surface area contributed by atoms with E-state index in [1.54, 1.807) is 0 Å². The van der Waals surface area contributed by atoms with Gasteiger partial charge in [-0.15, -0.1) is 11.8 Å². The van der Waals surface area contributed by atoms with Crippen LogP contribution in [-0.2, 0) is 11.3 Å². The first-order chi connectivity index (χ1) is 12.3. The summed E-state index contributed by atoms with van der Waals surface area (Å²) >= 11 is 1.86. The number of nitrogens with one attached hydrogen (secondary N) is 2. The minimum Gasteiger partial charge on any atom is -0.445 e. The molecule has 132 valence electrons. The maximum absolute atomic E-state index is 11.8. The summed E-state index contributed by atoms with van der Waals surface area (Å²) in [5.41, 5.74) is 1.00. The monoisotopic (exact) mass is 356 g/mol. The van der Waals surface area contributed by atoms with Crippen molar-refractivity contribution < 1.29 is 9.53 Å². The van der Waals surface area contributed by atoms with E-state index in [4.69, 9.17) is 4.74 Å². The van der Waals surface area contributed by atoms with Gasteiger partial charge in [0.15, 0.2) is 0 Å². The van der Waals surface area contributed by atoms with Crippen molar-refractivity contribution in [3.05, 3.63) is 66.2 Å². The van der Waals surface area contributed by atoms with Crippen molar-refractivity contribution in [1.82, 2.24) is 10.6 Å². The molecule has 25 heavy (non-hydrogen) atoms. The van der Waals surface area contributed by atoms with Gasteiger partial charge in [-0.25, -0.2) is 4.79 Å². The molecule has 3 rings (SSSR count). The van der Waals surface area contributed by atoms with Gasteiger partial charge in [0.05, 0.1) is 0 Å². The van der Waals surface area contributed by atoms with Crippen molar-refractivity contribution in [1.29, 1.82) is 0 Å². The Balaban J connectivity index is 1.22. The third-order valence-corrected chi connectivity index (χ3v) is 5.23. The molecule has 2 aromatic carbocycles. The molecule has 1 aliphatic carbocycles. The molecule has 0 unspecified atom stereocenters. The lowest BCUT2D eigenvalue weighted by Gasteiger charge is -2.36. The Morgan fingerprint density at radius 2 is 1.68 bits per heavy atom. The summed E-state index contributed by atoms with van der Waals surface area (Å²) in [7, 11) is 0. The molecule has 2 aromatic rings. The van der Waals surface area contributed by atoms with Crippen LogP contribution in [-0.4, -0.2) is 30.5 Å². The van der Waals surface area contributed by atoms with Gasteiger partial charge < -0.3 is 15.4 Å². The predicted octanol–water partition coefficient (Wildman–Crippen LogP) is 3.83. The third-order valence-electron chi connectivity index (χ3n) is 4.22. The van der Waals surface area contributed by atoms with E-state index in [2.05, 4.69) is 34.9 Å². The van der Waals surface area contributed by atoms with Crippen LogP contribution < -0.4 is 10.6 Å². The van der Waals surface area contributed by atoms with Crippen LogP contribution in [0.1, 0.15) is 18.4 Å². The lowest BCUT2D eigenvalue weighted by atomic mass is 9.87. The number of ether oxygens (including phenoxy) is 1. The van der Waals surface area contributed by atoms with E-state index in [1.165, 1.54) is 4.90 Å². The Morgan fingerprint density at radius 1 is 1.00 bits per heavy atom. The topological polar surface area (TPSA) is 50.4 Å². The number of carbonyl (C=O) groups excluding carboxylic acids is 1. The van der Waals surface area contributed by atoms with Gasteiger partial charge >= 0.3 is 6.09 Å². The number of carbonyl (C=O) groups is 1. The van der Waals surface area contributed by atoms with Gasteiger partial charge in [-0.3, -0.25) is 0 Å². The lowest BCUT2D eigenvalue weighted by Crippen LogP contribution is -2.52. The second kappa shape index (κ2) is 9.49. The van der Waals surface area contributed by atoms with Crippen molar-refractivity contribution in [3.63, 3.8) is 0 Å². The van der Waals surface area contributed by atoms with Gasteiger partial charge in [-0.05, 0) is 30.5 Å². The fourth-order valence-corrected chi connectivity index (χ4v) is 3.59. The lowest BCUT2D eigenvalue weighted by molar-refractivity contribution is 0.126. The molecule has 2 N–H and O–H groups in total. The molecule has 0 aromatic heterocycles. The van der Waals surface area contributed by atoms with E-state index in [9.17, 15) is 4.79 Å². The van der Waals surface area contributed by atoms with E-state index >= 15 is 0 Å². The maximum Gasteiger partial charge on any atom is 0.407 e. The van der Waals surface area contributed by atoms with Crippen LogP contribution in [0, 0.1) is 0 Å². The molecule has 0 spiro atoms. The van der Waals surface area contributed by atoms with Gasteiger partial charge in [0.25, 0.3) is 0 Å². The molecule has 0 atom stereocenters. The highest BCUT2D eigenvalue weighted by Gasteiger charge is 2.30. The fraction of sp³-hybridized carbons (Fsp3) is 0.350. The Hall–Kier alpha value is -1.98. The number of hydrogen-bond donors (Lipinski definition) is 2. The maximum atomic E-state index is 11.8. The molecule has 0 aliphatic heterocycles. The first-order valence-electron chi connectivity index (χ1n) is 8.68. The average Bonchev–Trinajstić information content (AvgIpc) is 2.62. The van der Waals surface area contributed by atoms with E-state index in [0.717, 1.165) is 30.7 Å². The first kappa shape index (κ1) is 17.8. The van der Waals surface area contributed by atoms with Crippen molar-refractivity contribution in [2.24, 2.45) is 0 Å². The van der Waals surface area contributed by atoms with E-state index in [1.807, 2.05) is 48.2 Å². The van der Waals surface area contributed by atoms with Gasteiger partial charge in [-0.1, -0.05) is 48.5 Å². The highest BCUT2D eigenvalue weighted by molar-refractivity contribution is 7.99. The van der Waals surface area contributed by atoms with Crippen molar-refractivity contribution >= 4 is 17.9 Å². The number of alkyl carbamates (subject to hydrolysis) is 1. The zero-order valence-electron chi connectivity index (χ0n) is 14.2. The normalized spacial score (nSPS) is 19.0. The fourth-order valence-electron chi connectivity index (χ4n) is 2.78. The summed E-state index contributed by atoms with van der Waals surface area (Å²) in [6.45, 7) is 1.30. The predicted molar refractivity (Wildman–Crippen MR) is 102 cm³/mol. The standard InChI is InChI=1S/C20H24N2O2S/c23-20(24-15-16-7-3-1-4-8-16)22-18-13-17(14-18)21-11-12-25-19-9-5-2-6-10-19/h1-10,17-18,21H,11-15H2,(H,22,23). The highest BCUT2D eigenvalue weighted by Crippen LogP contribution is 2.21. The summed E-state index contributed by atoms with van der Waals surface area (Å²) in [6.07, 6.45) is 1.61. The zero-order valence-corrected chi connectivity index (χ0v) is 15.0. The molecule has 5 heteroatoms. The molecule has 4 nitrogen and oxygen atoms in total. The van der Waals surface area contributed by atoms with E-state index in [-0.39, 0.29) is 12.1 Å². The number of thioether (sulfide) groups is 1. The number of hydrogen-bond acceptors (Lipinski definition) is 4. The first-order valence-corrected chi connectivity index (χ1v) is 9.66. The van der Waals surface area contributed by atoms with Crippen LogP contribution in [0.5, 0.6) is 0 Å². The van der Waals surface area contributed by atoms with Crippen LogP contribution in [0.2, 0.25) is 0 Å². The summed E-state index contributed by atoms with van der Waals surface area (Å²) < 4.78 is 5.24. The van der Waals surface area contributed by atoms with Crippen LogP contribution in [0.15, 0.2) is 65.6 Å². The quantitative estimate of drug-likeness (QED) is 0.558. The molecule has 1 aliphatic rings. The zero-order chi connectivity index (χ0) is 17.3. The van der Waals surface area contributed by atoms with E-state index < -0.39 is 0 Å². The van der Waals surface area contributed by atoms with Crippen LogP contribution >= 0.6 is 11.8 Å². The van der Waals surface area contributed by atoms with Crippen LogP contribution in [0.25, 0.3) is 0 Å². The number of amides is 1. The summed E-state index contributed by atoms with van der Waals surface area (Å²) in [5, 5.41) is 6.46. The summed E-state index contributed by atoms with van der Waals surface area (Å²) in [4.78, 5) is 13.1. The third kappa shape index (κ3) is 6.11. The summed E-state index contributed by atoms with van der Waals surface area (Å²) in [5.74, 6) is 1.05. The Morgan fingerprint density at radius 3 is 2.40 bits per heavy atom. The minimum absolute atomic E-state index is 0.225. The van der Waals surface area contributed by atoms with Gasteiger partial charge in [0.2, 0.25) is 0 Å². The molecule has 0 bridgehead atoms. The Kier molecular flexibility index (Phi) is 6.77. The Labute approximate surface area is 153 Å². The average molecular weight is 356 g/mol. The Bertz CT molecular complexity index is 645. The number of benzene rings is 2. The summed E-state index contributed by atoms with van der Waals surface area (Å²) in [6, 6.07) is 20.9. The molecule has 0 heterocycles. The van der Waals surface area contributed by atoms with Crippen molar-refractivity contribution in [2.75, 3.05) is 12.3 Å². The van der Waals surface area contributed by atoms with Crippen LogP contribution in [0.3, 0.4) is 0 Å². The van der Waals surface area contributed by atoms with Gasteiger partial charge in [-0.2, -0.15) is 0 Å².